The molecule has 3 fully saturated rings. The van der Waals surface area contributed by atoms with E-state index in [1.807, 2.05) is 11.8 Å². The second-order valence-corrected chi connectivity index (χ2v) is 5.82. The third-order valence-corrected chi connectivity index (χ3v) is 4.67. The summed E-state index contributed by atoms with van der Waals surface area (Å²) in [7, 11) is 0. The lowest BCUT2D eigenvalue weighted by molar-refractivity contribution is -0.135. The Hall–Kier alpha value is -0.610. The van der Waals surface area contributed by atoms with Crippen LogP contribution in [-0.2, 0) is 9.53 Å². The van der Waals surface area contributed by atoms with E-state index in [-0.39, 0.29) is 11.4 Å². The van der Waals surface area contributed by atoms with Crippen LogP contribution in [0.15, 0.2) is 0 Å². The maximum atomic E-state index is 12.4. The average Bonchev–Trinajstić information content (AvgIpc) is 3.00. The quantitative estimate of drug-likeness (QED) is 0.801. The van der Waals surface area contributed by atoms with Crippen LogP contribution in [0.5, 0.6) is 0 Å². The third kappa shape index (κ3) is 1.78. The van der Waals surface area contributed by atoms with Crippen molar-refractivity contribution in [2.75, 3.05) is 13.3 Å². The number of carbonyl (C=O) groups excluding carboxylic acids is 1. The molecule has 4 heteroatoms. The molecule has 1 N–H and O–H groups in total. The van der Waals surface area contributed by atoms with Gasteiger partial charge in [-0.25, -0.2) is 0 Å². The minimum atomic E-state index is -0.351. The zero-order chi connectivity index (χ0) is 12.0. The first-order valence-corrected chi connectivity index (χ1v) is 6.83. The molecular formula is C13H22N2O2. The van der Waals surface area contributed by atoms with Gasteiger partial charge in [-0.05, 0) is 38.5 Å². The van der Waals surface area contributed by atoms with E-state index in [9.17, 15) is 4.79 Å². The molecule has 2 saturated heterocycles. The Bertz CT molecular complexity index is 329. The highest BCUT2D eigenvalue weighted by Crippen LogP contribution is 2.41. The molecule has 0 spiro atoms. The van der Waals surface area contributed by atoms with E-state index in [0.29, 0.717) is 24.7 Å². The first-order valence-electron chi connectivity index (χ1n) is 6.83. The monoisotopic (exact) mass is 238 g/mol. The molecule has 96 valence electrons. The predicted octanol–water partition coefficient (Wildman–Crippen LogP) is 1.11. The van der Waals surface area contributed by atoms with Crippen LogP contribution in [0.3, 0.4) is 0 Å². The zero-order valence-electron chi connectivity index (χ0n) is 10.7. The highest BCUT2D eigenvalue weighted by molar-refractivity contribution is 5.88. The van der Waals surface area contributed by atoms with Crippen molar-refractivity contribution in [3.8, 4) is 0 Å². The van der Waals surface area contributed by atoms with E-state index in [2.05, 4.69) is 12.2 Å². The Balaban J connectivity index is 1.74. The van der Waals surface area contributed by atoms with Crippen molar-refractivity contribution in [2.24, 2.45) is 5.92 Å². The standard InChI is InChI=1S/C13H22N2O2/c1-3-13(2)12(16)15(8-14-13)10-6-7-17-11(10)9-4-5-9/h9-11,14H,3-8H2,1-2H3. The molecule has 3 atom stereocenters. The molecule has 2 heterocycles. The molecule has 3 rings (SSSR count). The molecular weight excluding hydrogens is 216 g/mol. The van der Waals surface area contributed by atoms with E-state index in [1.165, 1.54) is 12.8 Å². The maximum Gasteiger partial charge on any atom is 0.244 e. The molecule has 4 nitrogen and oxygen atoms in total. The van der Waals surface area contributed by atoms with Crippen molar-refractivity contribution >= 4 is 5.91 Å². The molecule has 1 aliphatic carbocycles. The molecule has 3 aliphatic rings. The minimum Gasteiger partial charge on any atom is -0.376 e. The second-order valence-electron chi connectivity index (χ2n) is 5.82. The fraction of sp³-hybridized carbons (Fsp3) is 0.923. The van der Waals surface area contributed by atoms with Crippen LogP contribution < -0.4 is 5.32 Å². The molecule has 2 aliphatic heterocycles. The summed E-state index contributed by atoms with van der Waals surface area (Å²) in [5, 5.41) is 3.36. The normalized spacial score (nSPS) is 42.5. The molecule has 17 heavy (non-hydrogen) atoms. The van der Waals surface area contributed by atoms with Crippen LogP contribution in [0.1, 0.15) is 39.5 Å². The van der Waals surface area contributed by atoms with Gasteiger partial charge in [-0.3, -0.25) is 10.1 Å². The Morgan fingerprint density at radius 1 is 1.47 bits per heavy atom. The van der Waals surface area contributed by atoms with E-state index >= 15 is 0 Å². The fourth-order valence-electron chi connectivity index (χ4n) is 3.08. The molecule has 0 aromatic heterocycles. The van der Waals surface area contributed by atoms with Crippen LogP contribution in [0.2, 0.25) is 0 Å². The lowest BCUT2D eigenvalue weighted by atomic mass is 9.97. The summed E-state index contributed by atoms with van der Waals surface area (Å²) in [5.41, 5.74) is -0.351. The summed E-state index contributed by atoms with van der Waals surface area (Å²) >= 11 is 0. The Morgan fingerprint density at radius 3 is 2.82 bits per heavy atom. The van der Waals surface area contributed by atoms with Crippen molar-refractivity contribution < 1.29 is 9.53 Å². The van der Waals surface area contributed by atoms with Gasteiger partial charge in [0.2, 0.25) is 5.91 Å². The average molecular weight is 238 g/mol. The smallest absolute Gasteiger partial charge is 0.244 e. The summed E-state index contributed by atoms with van der Waals surface area (Å²) < 4.78 is 5.83. The Morgan fingerprint density at radius 2 is 2.24 bits per heavy atom. The van der Waals surface area contributed by atoms with Gasteiger partial charge in [-0.1, -0.05) is 6.92 Å². The molecule has 0 aromatic rings. The number of hydrogen-bond acceptors (Lipinski definition) is 3. The Kier molecular flexibility index (Phi) is 2.67. The lowest BCUT2D eigenvalue weighted by Gasteiger charge is -2.29. The Labute approximate surface area is 103 Å². The van der Waals surface area contributed by atoms with Crippen molar-refractivity contribution in [2.45, 2.75) is 57.2 Å². The van der Waals surface area contributed by atoms with Gasteiger partial charge in [0.05, 0.1) is 24.4 Å². The van der Waals surface area contributed by atoms with Crippen LogP contribution in [0.4, 0.5) is 0 Å². The van der Waals surface area contributed by atoms with Crippen LogP contribution >= 0.6 is 0 Å². The lowest BCUT2D eigenvalue weighted by Crippen LogP contribution is -2.47. The van der Waals surface area contributed by atoms with Gasteiger partial charge in [0.25, 0.3) is 0 Å². The number of carbonyl (C=O) groups is 1. The number of hydrogen-bond donors (Lipinski definition) is 1. The van der Waals surface area contributed by atoms with E-state index in [0.717, 1.165) is 19.4 Å². The van der Waals surface area contributed by atoms with Crippen molar-refractivity contribution in [3.05, 3.63) is 0 Å². The number of amides is 1. The molecule has 0 radical (unpaired) electrons. The van der Waals surface area contributed by atoms with Crippen LogP contribution in [0.25, 0.3) is 0 Å². The summed E-state index contributed by atoms with van der Waals surface area (Å²) in [6.07, 6.45) is 4.72. The van der Waals surface area contributed by atoms with Crippen molar-refractivity contribution in [1.29, 1.82) is 0 Å². The summed E-state index contributed by atoms with van der Waals surface area (Å²) in [6, 6.07) is 0.316. The first kappa shape index (κ1) is 11.5. The van der Waals surface area contributed by atoms with Gasteiger partial charge in [-0.2, -0.15) is 0 Å². The van der Waals surface area contributed by atoms with Crippen LogP contribution in [-0.4, -0.2) is 41.8 Å². The highest BCUT2D eigenvalue weighted by Gasteiger charge is 2.50. The number of rotatable bonds is 3. The van der Waals surface area contributed by atoms with Crippen molar-refractivity contribution in [1.82, 2.24) is 10.2 Å². The SMILES string of the molecule is CCC1(C)NCN(C2CCOC2C2CC2)C1=O. The van der Waals surface area contributed by atoms with Gasteiger partial charge in [0, 0.05) is 6.61 Å². The molecule has 1 amide bonds. The maximum absolute atomic E-state index is 12.4. The largest absolute Gasteiger partial charge is 0.376 e. The third-order valence-electron chi connectivity index (χ3n) is 4.67. The second kappa shape index (κ2) is 3.95. The van der Waals surface area contributed by atoms with Gasteiger partial charge in [-0.15, -0.1) is 0 Å². The molecule has 0 aromatic carbocycles. The predicted molar refractivity (Wildman–Crippen MR) is 64.4 cm³/mol. The van der Waals surface area contributed by atoms with Gasteiger partial charge < -0.3 is 9.64 Å². The van der Waals surface area contributed by atoms with Crippen molar-refractivity contribution in [3.63, 3.8) is 0 Å². The van der Waals surface area contributed by atoms with Gasteiger partial charge in [0.15, 0.2) is 0 Å². The first-order chi connectivity index (χ1) is 8.15. The van der Waals surface area contributed by atoms with Gasteiger partial charge >= 0.3 is 0 Å². The van der Waals surface area contributed by atoms with Gasteiger partial charge in [0.1, 0.15) is 0 Å². The van der Waals surface area contributed by atoms with E-state index < -0.39 is 0 Å². The number of ether oxygens (including phenoxy) is 1. The van der Waals surface area contributed by atoms with E-state index in [1.54, 1.807) is 0 Å². The molecule has 3 unspecified atom stereocenters. The number of nitrogens with zero attached hydrogens (tertiary/aromatic N) is 1. The summed E-state index contributed by atoms with van der Waals surface area (Å²) in [6.45, 7) is 5.59. The number of nitrogens with one attached hydrogen (secondary N) is 1. The zero-order valence-corrected chi connectivity index (χ0v) is 10.7. The van der Waals surface area contributed by atoms with E-state index in [4.69, 9.17) is 4.74 Å². The summed E-state index contributed by atoms with van der Waals surface area (Å²) in [5.74, 6) is 0.977. The fourth-order valence-corrected chi connectivity index (χ4v) is 3.08. The topological polar surface area (TPSA) is 41.6 Å². The highest BCUT2D eigenvalue weighted by atomic mass is 16.5. The minimum absolute atomic E-state index is 0.265. The van der Waals surface area contributed by atoms with Crippen LogP contribution in [0, 0.1) is 5.92 Å². The summed E-state index contributed by atoms with van der Waals surface area (Å²) in [4.78, 5) is 14.5. The molecule has 1 saturated carbocycles. The molecule has 0 bridgehead atoms.